The Morgan fingerprint density at radius 2 is 1.72 bits per heavy atom. The second-order valence-electron chi connectivity index (χ2n) is 7.03. The van der Waals surface area contributed by atoms with E-state index in [1.54, 1.807) is 0 Å². The third-order valence-corrected chi connectivity index (χ3v) is 6.13. The van der Waals surface area contributed by atoms with Crippen LogP contribution in [0.3, 0.4) is 0 Å². The van der Waals surface area contributed by atoms with Crippen molar-refractivity contribution in [1.29, 1.82) is 0 Å². The van der Waals surface area contributed by atoms with E-state index < -0.39 is 27.7 Å². The van der Waals surface area contributed by atoms with E-state index in [1.807, 2.05) is 0 Å². The van der Waals surface area contributed by atoms with Gasteiger partial charge in [-0.2, -0.15) is 13.2 Å². The molecule has 3 N–H and O–H groups in total. The second kappa shape index (κ2) is 8.93. The highest BCUT2D eigenvalue weighted by Gasteiger charge is 2.33. The first-order valence-corrected chi connectivity index (χ1v) is 11.3. The molecule has 3 aromatic carbocycles. The van der Waals surface area contributed by atoms with Gasteiger partial charge in [-0.25, -0.2) is 13.6 Å². The van der Waals surface area contributed by atoms with Crippen molar-refractivity contribution in [3.8, 4) is 11.1 Å². The van der Waals surface area contributed by atoms with Crippen molar-refractivity contribution in [2.75, 3.05) is 5.32 Å². The summed E-state index contributed by atoms with van der Waals surface area (Å²) < 4.78 is 63.3. The van der Waals surface area contributed by atoms with Crippen molar-refractivity contribution in [2.24, 2.45) is 5.14 Å². The number of aryl methyl sites for hydroxylation is 1. The van der Waals surface area contributed by atoms with E-state index in [4.69, 9.17) is 16.7 Å². The zero-order valence-electron chi connectivity index (χ0n) is 16.7. The first-order valence-electron chi connectivity index (χ1n) is 9.22. The van der Waals surface area contributed by atoms with Gasteiger partial charge >= 0.3 is 6.18 Å². The molecule has 5 nitrogen and oxygen atoms in total. The van der Waals surface area contributed by atoms with Crippen molar-refractivity contribution < 1.29 is 26.4 Å². The maximum atomic E-state index is 13.4. The van der Waals surface area contributed by atoms with Gasteiger partial charge in [0.25, 0.3) is 5.91 Å². The fraction of sp³-hybridized carbons (Fsp3) is 0.136. The number of amides is 1. The fourth-order valence-corrected chi connectivity index (χ4v) is 4.31. The maximum absolute atomic E-state index is 13.4. The molecule has 0 heterocycles. The SMILES string of the molecule is Cc1cc(C(=O)Nc2ccc(-c3ccccc3C(F)(F)F)c(CCl)c2)ccc1S(N)(=O)=O. The Hall–Kier alpha value is -2.88. The highest BCUT2D eigenvalue weighted by Crippen LogP contribution is 2.39. The van der Waals surface area contributed by atoms with E-state index >= 15 is 0 Å². The fourth-order valence-electron chi connectivity index (χ4n) is 3.32. The Morgan fingerprint density at radius 1 is 1.03 bits per heavy atom. The Bertz CT molecular complexity index is 1290. The van der Waals surface area contributed by atoms with Crippen molar-refractivity contribution in [2.45, 2.75) is 23.9 Å². The Balaban J connectivity index is 1.93. The van der Waals surface area contributed by atoms with Gasteiger partial charge in [0, 0.05) is 17.1 Å². The molecule has 3 rings (SSSR count). The number of sulfonamides is 1. The lowest BCUT2D eigenvalue weighted by Crippen LogP contribution is -2.16. The van der Waals surface area contributed by atoms with Gasteiger partial charge in [-0.1, -0.05) is 24.3 Å². The minimum Gasteiger partial charge on any atom is -0.322 e. The summed E-state index contributed by atoms with van der Waals surface area (Å²) >= 11 is 5.99. The zero-order chi connectivity index (χ0) is 23.7. The quantitative estimate of drug-likeness (QED) is 0.482. The monoisotopic (exact) mass is 482 g/mol. The van der Waals surface area contributed by atoms with Crippen molar-refractivity contribution in [3.63, 3.8) is 0 Å². The molecule has 0 radical (unpaired) electrons. The molecule has 0 atom stereocenters. The van der Waals surface area contributed by atoms with E-state index in [0.717, 1.165) is 6.07 Å². The summed E-state index contributed by atoms with van der Waals surface area (Å²) in [6.07, 6.45) is -4.53. The van der Waals surface area contributed by atoms with Crippen LogP contribution < -0.4 is 10.5 Å². The maximum Gasteiger partial charge on any atom is 0.417 e. The molecule has 0 unspecified atom stereocenters. The topological polar surface area (TPSA) is 89.3 Å². The van der Waals surface area contributed by atoms with Crippen LogP contribution in [-0.4, -0.2) is 14.3 Å². The average Bonchev–Trinajstić information content (AvgIpc) is 2.72. The van der Waals surface area contributed by atoms with E-state index in [9.17, 15) is 26.4 Å². The summed E-state index contributed by atoms with van der Waals surface area (Å²) in [5.74, 6) is -0.606. The lowest BCUT2D eigenvalue weighted by atomic mass is 9.95. The number of anilines is 1. The Labute approximate surface area is 188 Å². The number of halogens is 4. The van der Waals surface area contributed by atoms with Gasteiger partial charge in [-0.15, -0.1) is 11.6 Å². The highest BCUT2D eigenvalue weighted by atomic mass is 35.5. The van der Waals surface area contributed by atoms with Gasteiger partial charge in [0.1, 0.15) is 0 Å². The summed E-state index contributed by atoms with van der Waals surface area (Å²) in [6.45, 7) is 1.51. The molecule has 32 heavy (non-hydrogen) atoms. The number of nitrogens with two attached hydrogens (primary N) is 1. The molecule has 0 aliphatic rings. The van der Waals surface area contributed by atoms with Crippen molar-refractivity contribution in [3.05, 3.63) is 82.9 Å². The van der Waals surface area contributed by atoms with Crippen LogP contribution in [0.15, 0.2) is 65.6 Å². The van der Waals surface area contributed by atoms with E-state index in [1.165, 1.54) is 61.5 Å². The lowest BCUT2D eigenvalue weighted by molar-refractivity contribution is -0.137. The number of alkyl halides is 4. The third-order valence-electron chi connectivity index (χ3n) is 4.77. The summed E-state index contributed by atoms with van der Waals surface area (Å²) in [5.41, 5.74) is 0.735. The molecule has 168 valence electrons. The summed E-state index contributed by atoms with van der Waals surface area (Å²) in [7, 11) is -3.92. The molecule has 0 saturated heterocycles. The molecule has 10 heteroatoms. The smallest absolute Gasteiger partial charge is 0.322 e. The van der Waals surface area contributed by atoms with Crippen LogP contribution in [0.4, 0.5) is 18.9 Å². The van der Waals surface area contributed by atoms with Gasteiger partial charge in [0.05, 0.1) is 10.5 Å². The molecule has 0 aliphatic heterocycles. The number of benzene rings is 3. The molecule has 0 bridgehead atoms. The molecule has 0 spiro atoms. The van der Waals surface area contributed by atoms with Crippen LogP contribution in [0, 0.1) is 6.92 Å². The molecular weight excluding hydrogens is 465 g/mol. The van der Waals surface area contributed by atoms with Crippen molar-refractivity contribution >= 4 is 33.2 Å². The van der Waals surface area contributed by atoms with E-state index in [0.29, 0.717) is 22.4 Å². The Kier molecular flexibility index (Phi) is 6.64. The van der Waals surface area contributed by atoms with Crippen LogP contribution in [0.25, 0.3) is 11.1 Å². The third kappa shape index (κ3) is 5.12. The van der Waals surface area contributed by atoms with Gasteiger partial charge in [-0.3, -0.25) is 4.79 Å². The minimum atomic E-state index is -4.53. The van der Waals surface area contributed by atoms with E-state index in [-0.39, 0.29) is 21.9 Å². The summed E-state index contributed by atoms with van der Waals surface area (Å²) in [6, 6.07) is 13.5. The molecular formula is C22H18ClF3N2O3S. The van der Waals surface area contributed by atoms with Crippen LogP contribution in [0.1, 0.15) is 27.0 Å². The standard InChI is InChI=1S/C22H18ClF3N2O3S/c1-13-10-14(6-9-20(13)32(27,30)31)21(29)28-16-7-8-17(15(11-16)12-23)18-4-2-3-5-19(18)22(24,25)26/h2-11H,12H2,1H3,(H,28,29)(H2,27,30,31). The first-order chi connectivity index (χ1) is 14.9. The normalized spacial score (nSPS) is 11.9. The predicted molar refractivity (Wildman–Crippen MR) is 117 cm³/mol. The molecule has 0 aliphatic carbocycles. The number of rotatable bonds is 5. The van der Waals surface area contributed by atoms with Crippen LogP contribution >= 0.6 is 11.6 Å². The van der Waals surface area contributed by atoms with Gasteiger partial charge < -0.3 is 5.32 Å². The van der Waals surface area contributed by atoms with Gasteiger partial charge in [-0.05, 0) is 65.6 Å². The average molecular weight is 483 g/mol. The predicted octanol–water partition coefficient (Wildman–Crippen LogP) is 5.32. The number of carbonyl (C=O) groups excluding carboxylic acids is 1. The van der Waals surface area contributed by atoms with E-state index in [2.05, 4.69) is 5.32 Å². The van der Waals surface area contributed by atoms with Crippen LogP contribution in [0.2, 0.25) is 0 Å². The highest BCUT2D eigenvalue weighted by molar-refractivity contribution is 7.89. The minimum absolute atomic E-state index is 0.0114. The molecule has 0 fully saturated rings. The van der Waals surface area contributed by atoms with Crippen LogP contribution in [0.5, 0.6) is 0 Å². The summed E-state index contributed by atoms with van der Waals surface area (Å²) in [5, 5.41) is 7.77. The molecule has 3 aromatic rings. The second-order valence-corrected chi connectivity index (χ2v) is 8.83. The largest absolute Gasteiger partial charge is 0.417 e. The number of hydrogen-bond acceptors (Lipinski definition) is 3. The zero-order valence-corrected chi connectivity index (χ0v) is 18.3. The Morgan fingerprint density at radius 3 is 2.31 bits per heavy atom. The molecule has 0 aromatic heterocycles. The first kappa shape index (κ1) is 23.8. The number of hydrogen-bond donors (Lipinski definition) is 2. The van der Waals surface area contributed by atoms with Crippen molar-refractivity contribution in [1.82, 2.24) is 0 Å². The van der Waals surface area contributed by atoms with Gasteiger partial charge in [0.2, 0.25) is 10.0 Å². The lowest BCUT2D eigenvalue weighted by Gasteiger charge is -2.16. The molecule has 1 amide bonds. The number of carbonyl (C=O) groups is 1. The molecule has 0 saturated carbocycles. The summed E-state index contributed by atoms with van der Waals surface area (Å²) in [4.78, 5) is 12.5. The number of primary sulfonamides is 1. The van der Waals surface area contributed by atoms with Crippen LogP contribution in [-0.2, 0) is 22.1 Å². The number of nitrogens with one attached hydrogen (secondary N) is 1. The van der Waals surface area contributed by atoms with Gasteiger partial charge in [0.15, 0.2) is 0 Å².